The van der Waals surface area contributed by atoms with E-state index in [4.69, 9.17) is 11.6 Å². The first-order chi connectivity index (χ1) is 11.1. The number of amides is 1. The molecule has 0 fully saturated rings. The molecule has 0 spiro atoms. The van der Waals surface area contributed by atoms with Crippen LogP contribution in [0.15, 0.2) is 52.5 Å². The number of halogens is 2. The summed E-state index contributed by atoms with van der Waals surface area (Å²) in [5.41, 5.74) is 1.24. The Morgan fingerprint density at radius 2 is 2.09 bits per heavy atom. The molecule has 0 aliphatic heterocycles. The molecule has 0 saturated carbocycles. The molecule has 2 heterocycles. The molecule has 0 saturated heterocycles. The number of nitrogens with one attached hydrogen (secondary N) is 1. The first kappa shape index (κ1) is 16.2. The first-order valence-electron chi connectivity index (χ1n) is 6.93. The standard InChI is InChI=1S/C17H13ClFNOS2/c18-13-3-1-4-14(19)12(13)9-16(21)20-17(11-6-8-22-10-11)15-5-2-7-23-15/h1-8,10,17H,9H2,(H,20,21)/t17-/m0/s1. The topological polar surface area (TPSA) is 29.1 Å². The lowest BCUT2D eigenvalue weighted by Gasteiger charge is -2.17. The van der Waals surface area contributed by atoms with Gasteiger partial charge in [0.2, 0.25) is 5.91 Å². The minimum atomic E-state index is -0.462. The molecule has 3 aromatic rings. The Hall–Kier alpha value is -1.69. The number of benzene rings is 1. The third-order valence-corrected chi connectivity index (χ3v) is 5.40. The highest BCUT2D eigenvalue weighted by atomic mass is 35.5. The molecule has 1 N–H and O–H groups in total. The second kappa shape index (κ2) is 7.25. The largest absolute Gasteiger partial charge is 0.344 e. The molecule has 1 amide bonds. The smallest absolute Gasteiger partial charge is 0.225 e. The summed E-state index contributed by atoms with van der Waals surface area (Å²) in [4.78, 5) is 13.4. The highest BCUT2D eigenvalue weighted by Crippen LogP contribution is 2.28. The van der Waals surface area contributed by atoms with E-state index in [0.29, 0.717) is 0 Å². The van der Waals surface area contributed by atoms with Crippen molar-refractivity contribution in [3.05, 3.63) is 79.4 Å². The van der Waals surface area contributed by atoms with Gasteiger partial charge in [-0.05, 0) is 46.0 Å². The minimum Gasteiger partial charge on any atom is -0.344 e. The van der Waals surface area contributed by atoms with Gasteiger partial charge in [-0.25, -0.2) is 4.39 Å². The van der Waals surface area contributed by atoms with E-state index in [2.05, 4.69) is 5.32 Å². The third kappa shape index (κ3) is 3.80. The van der Waals surface area contributed by atoms with Crippen LogP contribution in [0.4, 0.5) is 4.39 Å². The van der Waals surface area contributed by atoms with Crippen LogP contribution in [-0.2, 0) is 11.2 Å². The van der Waals surface area contributed by atoms with Gasteiger partial charge in [0.1, 0.15) is 5.82 Å². The van der Waals surface area contributed by atoms with Gasteiger partial charge in [0.15, 0.2) is 0 Å². The number of hydrogen-bond donors (Lipinski definition) is 1. The lowest BCUT2D eigenvalue weighted by Crippen LogP contribution is -2.30. The zero-order chi connectivity index (χ0) is 16.2. The Bertz CT molecular complexity index is 733. The van der Waals surface area contributed by atoms with Gasteiger partial charge in [-0.1, -0.05) is 23.7 Å². The van der Waals surface area contributed by atoms with Gasteiger partial charge in [-0.2, -0.15) is 11.3 Å². The average molecular weight is 366 g/mol. The second-order valence-electron chi connectivity index (χ2n) is 4.95. The van der Waals surface area contributed by atoms with Crippen LogP contribution in [0.3, 0.4) is 0 Å². The molecule has 0 bridgehead atoms. The molecule has 3 rings (SSSR count). The summed E-state index contributed by atoms with van der Waals surface area (Å²) < 4.78 is 13.8. The molecule has 0 unspecified atom stereocenters. The summed E-state index contributed by atoms with van der Waals surface area (Å²) in [6.07, 6.45) is -0.0858. The van der Waals surface area contributed by atoms with Crippen molar-refractivity contribution in [1.82, 2.24) is 5.32 Å². The molecule has 1 aromatic carbocycles. The van der Waals surface area contributed by atoms with E-state index < -0.39 is 5.82 Å². The molecule has 0 aliphatic carbocycles. The van der Waals surface area contributed by atoms with Crippen LogP contribution in [0.5, 0.6) is 0 Å². The summed E-state index contributed by atoms with van der Waals surface area (Å²) >= 11 is 9.14. The van der Waals surface area contributed by atoms with Crippen molar-refractivity contribution in [3.8, 4) is 0 Å². The molecule has 6 heteroatoms. The monoisotopic (exact) mass is 365 g/mol. The van der Waals surface area contributed by atoms with Gasteiger partial charge in [0, 0.05) is 15.5 Å². The molecule has 23 heavy (non-hydrogen) atoms. The van der Waals surface area contributed by atoms with E-state index in [-0.39, 0.29) is 29.0 Å². The Labute approximate surface area is 146 Å². The van der Waals surface area contributed by atoms with Crippen LogP contribution >= 0.6 is 34.3 Å². The highest BCUT2D eigenvalue weighted by molar-refractivity contribution is 7.10. The van der Waals surface area contributed by atoms with Crippen molar-refractivity contribution in [3.63, 3.8) is 0 Å². The second-order valence-corrected chi connectivity index (χ2v) is 7.12. The van der Waals surface area contributed by atoms with Crippen LogP contribution in [0, 0.1) is 5.82 Å². The lowest BCUT2D eigenvalue weighted by molar-refractivity contribution is -0.121. The molecule has 0 aliphatic rings. The van der Waals surface area contributed by atoms with Gasteiger partial charge in [-0.3, -0.25) is 4.79 Å². The fourth-order valence-electron chi connectivity index (χ4n) is 2.29. The van der Waals surface area contributed by atoms with Gasteiger partial charge in [0.05, 0.1) is 12.5 Å². The van der Waals surface area contributed by atoms with Crippen molar-refractivity contribution >= 4 is 40.2 Å². The summed E-state index contributed by atoms with van der Waals surface area (Å²) in [7, 11) is 0. The quantitative estimate of drug-likeness (QED) is 0.673. The Kier molecular flexibility index (Phi) is 5.10. The van der Waals surface area contributed by atoms with Crippen LogP contribution in [0.25, 0.3) is 0 Å². The Morgan fingerprint density at radius 3 is 2.74 bits per heavy atom. The molecular weight excluding hydrogens is 353 g/mol. The summed E-state index contributed by atoms with van der Waals surface area (Å²) in [5, 5.41) is 9.18. The van der Waals surface area contributed by atoms with Gasteiger partial charge in [0.25, 0.3) is 0 Å². The SMILES string of the molecule is O=C(Cc1c(F)cccc1Cl)N[C@@H](c1ccsc1)c1cccs1. The predicted octanol–water partition coefficient (Wildman–Crippen LogP) is 5.05. The zero-order valence-corrected chi connectivity index (χ0v) is 14.4. The Balaban J connectivity index is 1.79. The van der Waals surface area contributed by atoms with Crippen LogP contribution < -0.4 is 5.32 Å². The first-order valence-corrected chi connectivity index (χ1v) is 9.13. The third-order valence-electron chi connectivity index (χ3n) is 3.41. The Morgan fingerprint density at radius 1 is 1.22 bits per heavy atom. The molecule has 2 aromatic heterocycles. The van der Waals surface area contributed by atoms with Crippen molar-refractivity contribution in [2.45, 2.75) is 12.5 Å². The number of thiophene rings is 2. The maximum Gasteiger partial charge on any atom is 0.225 e. The number of carbonyl (C=O) groups excluding carboxylic acids is 1. The van der Waals surface area contributed by atoms with E-state index >= 15 is 0 Å². The van der Waals surface area contributed by atoms with Crippen molar-refractivity contribution in [2.75, 3.05) is 0 Å². The van der Waals surface area contributed by atoms with E-state index in [0.717, 1.165) is 10.4 Å². The fourth-order valence-corrected chi connectivity index (χ4v) is 4.01. The molecular formula is C17H13ClFNOS2. The van der Waals surface area contributed by atoms with Crippen LogP contribution in [0.1, 0.15) is 22.0 Å². The van der Waals surface area contributed by atoms with Gasteiger partial charge in [-0.15, -0.1) is 11.3 Å². The summed E-state index contributed by atoms with van der Waals surface area (Å²) in [6.45, 7) is 0. The molecule has 0 radical (unpaired) electrons. The minimum absolute atomic E-state index is 0.0858. The van der Waals surface area contributed by atoms with Crippen LogP contribution in [0.2, 0.25) is 5.02 Å². The maximum atomic E-state index is 13.8. The molecule has 1 atom stereocenters. The van der Waals surface area contributed by atoms with E-state index in [9.17, 15) is 9.18 Å². The van der Waals surface area contributed by atoms with Crippen LogP contribution in [-0.4, -0.2) is 5.91 Å². The zero-order valence-electron chi connectivity index (χ0n) is 12.0. The van der Waals surface area contributed by atoms with Crippen molar-refractivity contribution < 1.29 is 9.18 Å². The predicted molar refractivity (Wildman–Crippen MR) is 93.7 cm³/mol. The summed E-state index contributed by atoms with van der Waals surface area (Å²) in [5.74, 6) is -0.725. The van der Waals surface area contributed by atoms with E-state index in [1.165, 1.54) is 12.1 Å². The van der Waals surface area contributed by atoms with Crippen molar-refractivity contribution in [1.29, 1.82) is 0 Å². The fraction of sp³-hybridized carbons (Fsp3) is 0.118. The normalized spacial score (nSPS) is 12.1. The van der Waals surface area contributed by atoms with E-state index in [1.807, 2.05) is 34.3 Å². The molecule has 118 valence electrons. The number of hydrogen-bond acceptors (Lipinski definition) is 3. The lowest BCUT2D eigenvalue weighted by atomic mass is 10.1. The average Bonchev–Trinajstić information content (AvgIpc) is 3.21. The highest BCUT2D eigenvalue weighted by Gasteiger charge is 2.20. The summed E-state index contributed by atoms with van der Waals surface area (Å²) in [6, 6.07) is 10.1. The van der Waals surface area contributed by atoms with E-state index in [1.54, 1.807) is 28.7 Å². The van der Waals surface area contributed by atoms with Gasteiger partial charge >= 0.3 is 0 Å². The molecule has 2 nitrogen and oxygen atoms in total. The number of carbonyl (C=O) groups is 1. The van der Waals surface area contributed by atoms with Crippen molar-refractivity contribution in [2.24, 2.45) is 0 Å². The number of rotatable bonds is 5. The maximum absolute atomic E-state index is 13.8. The van der Waals surface area contributed by atoms with Gasteiger partial charge < -0.3 is 5.32 Å².